The van der Waals surface area contributed by atoms with E-state index in [1.54, 1.807) is 0 Å². The van der Waals surface area contributed by atoms with Gasteiger partial charge in [0.05, 0.1) is 6.10 Å². The van der Waals surface area contributed by atoms with E-state index < -0.39 is 0 Å². The Bertz CT molecular complexity index is 523. The molecular formula is C16H21BrN2O2. The third-order valence-corrected chi connectivity index (χ3v) is 5.04. The molecule has 1 saturated carbocycles. The van der Waals surface area contributed by atoms with E-state index in [1.807, 2.05) is 24.3 Å². The van der Waals surface area contributed by atoms with E-state index in [-0.39, 0.29) is 18.1 Å². The predicted molar refractivity (Wildman–Crippen MR) is 85.2 cm³/mol. The van der Waals surface area contributed by atoms with Gasteiger partial charge in [0.2, 0.25) is 0 Å². The van der Waals surface area contributed by atoms with E-state index in [4.69, 9.17) is 0 Å². The Balaban J connectivity index is 1.64. The van der Waals surface area contributed by atoms with Gasteiger partial charge in [-0.1, -0.05) is 22.0 Å². The summed E-state index contributed by atoms with van der Waals surface area (Å²) in [5.74, 6) is -0.00653. The van der Waals surface area contributed by atoms with Crippen LogP contribution in [-0.4, -0.2) is 47.2 Å². The maximum absolute atomic E-state index is 12.4. The molecule has 1 saturated heterocycles. The minimum absolute atomic E-state index is 0.00653. The van der Waals surface area contributed by atoms with Gasteiger partial charge < -0.3 is 10.4 Å². The number of aliphatic hydroxyl groups is 1. The van der Waals surface area contributed by atoms with Crippen molar-refractivity contribution in [1.82, 2.24) is 10.2 Å². The number of hydrogen-bond acceptors (Lipinski definition) is 3. The maximum atomic E-state index is 12.4. The first-order chi connectivity index (χ1) is 10.1. The second kappa shape index (κ2) is 6.46. The molecule has 0 bridgehead atoms. The van der Waals surface area contributed by atoms with Gasteiger partial charge in [-0.3, -0.25) is 9.69 Å². The molecule has 4 nitrogen and oxygen atoms in total. The van der Waals surface area contributed by atoms with Gasteiger partial charge in [0.15, 0.2) is 0 Å². The van der Waals surface area contributed by atoms with Crippen molar-refractivity contribution in [2.75, 3.05) is 13.1 Å². The average Bonchev–Trinajstić information content (AvgIpc) is 3.07. The molecule has 5 heteroatoms. The highest BCUT2D eigenvalue weighted by atomic mass is 79.9. The van der Waals surface area contributed by atoms with Crippen LogP contribution in [0.4, 0.5) is 0 Å². The van der Waals surface area contributed by atoms with Crippen LogP contribution < -0.4 is 5.32 Å². The summed E-state index contributed by atoms with van der Waals surface area (Å²) in [6.07, 6.45) is 3.92. The van der Waals surface area contributed by atoms with Crippen LogP contribution in [-0.2, 0) is 0 Å². The minimum atomic E-state index is -0.202. The monoisotopic (exact) mass is 352 g/mol. The lowest BCUT2D eigenvalue weighted by atomic mass is 10.1. The summed E-state index contributed by atoms with van der Waals surface area (Å²) >= 11 is 3.40. The number of carbonyl (C=O) groups is 1. The molecule has 0 radical (unpaired) electrons. The van der Waals surface area contributed by atoms with Crippen LogP contribution in [0.25, 0.3) is 0 Å². The molecule has 1 unspecified atom stereocenters. The molecule has 1 amide bonds. The zero-order valence-corrected chi connectivity index (χ0v) is 13.6. The number of β-amino-alcohol motifs (C(OH)–C–C–N with tert-alkyl or cyclic N) is 1. The highest BCUT2D eigenvalue weighted by Crippen LogP contribution is 2.27. The van der Waals surface area contributed by atoms with Crippen LogP contribution in [0.3, 0.4) is 0 Å². The number of benzene rings is 1. The van der Waals surface area contributed by atoms with Crippen molar-refractivity contribution >= 4 is 21.8 Å². The topological polar surface area (TPSA) is 52.6 Å². The number of nitrogens with zero attached hydrogens (tertiary/aromatic N) is 1. The molecule has 21 heavy (non-hydrogen) atoms. The molecule has 3 atom stereocenters. The fourth-order valence-electron chi connectivity index (χ4n) is 3.50. The molecule has 2 fully saturated rings. The summed E-state index contributed by atoms with van der Waals surface area (Å²) in [4.78, 5) is 14.7. The van der Waals surface area contributed by atoms with Gasteiger partial charge in [-0.05, 0) is 43.9 Å². The zero-order valence-electron chi connectivity index (χ0n) is 12.0. The molecule has 3 rings (SSSR count). The van der Waals surface area contributed by atoms with Gasteiger partial charge in [-0.15, -0.1) is 0 Å². The molecule has 1 aliphatic carbocycles. The van der Waals surface area contributed by atoms with Crippen molar-refractivity contribution in [2.24, 2.45) is 0 Å². The molecule has 1 heterocycles. The van der Waals surface area contributed by atoms with Crippen LogP contribution >= 0.6 is 15.9 Å². The first-order valence-corrected chi connectivity index (χ1v) is 8.41. The Morgan fingerprint density at radius 3 is 2.90 bits per heavy atom. The Kier molecular flexibility index (Phi) is 4.62. The Morgan fingerprint density at radius 2 is 2.19 bits per heavy atom. The molecule has 1 aliphatic heterocycles. The highest BCUT2D eigenvalue weighted by Gasteiger charge is 2.36. The van der Waals surface area contributed by atoms with E-state index >= 15 is 0 Å². The van der Waals surface area contributed by atoms with E-state index in [2.05, 4.69) is 26.1 Å². The summed E-state index contributed by atoms with van der Waals surface area (Å²) < 4.78 is 0.917. The van der Waals surface area contributed by atoms with Crippen LogP contribution in [0.5, 0.6) is 0 Å². The Morgan fingerprint density at radius 1 is 1.33 bits per heavy atom. The average molecular weight is 353 g/mol. The molecular weight excluding hydrogens is 332 g/mol. The molecule has 114 valence electrons. The number of likely N-dealkylation sites (tertiary alicyclic amines) is 1. The second-order valence-corrected chi connectivity index (χ2v) is 6.94. The smallest absolute Gasteiger partial charge is 0.251 e. The first kappa shape index (κ1) is 15.0. The van der Waals surface area contributed by atoms with Crippen LogP contribution in [0.15, 0.2) is 28.7 Å². The van der Waals surface area contributed by atoms with E-state index in [1.165, 1.54) is 0 Å². The van der Waals surface area contributed by atoms with Crippen LogP contribution in [0.1, 0.15) is 36.0 Å². The SMILES string of the molecule is O=C(N[C@@H]1CCC[C@@H]1N1CCC(O)C1)c1cccc(Br)c1. The molecule has 0 aromatic heterocycles. The number of carbonyl (C=O) groups excluding carboxylic acids is 1. The van der Waals surface area contributed by atoms with Crippen LogP contribution in [0.2, 0.25) is 0 Å². The third-order valence-electron chi connectivity index (χ3n) is 4.55. The summed E-state index contributed by atoms with van der Waals surface area (Å²) in [5.41, 5.74) is 0.691. The van der Waals surface area contributed by atoms with Crippen molar-refractivity contribution in [3.63, 3.8) is 0 Å². The number of nitrogens with one attached hydrogen (secondary N) is 1. The first-order valence-electron chi connectivity index (χ1n) is 7.62. The predicted octanol–water partition coefficient (Wildman–Crippen LogP) is 2.17. The fraction of sp³-hybridized carbons (Fsp3) is 0.562. The van der Waals surface area contributed by atoms with Crippen molar-refractivity contribution < 1.29 is 9.90 Å². The molecule has 1 aromatic rings. The molecule has 0 spiro atoms. The van der Waals surface area contributed by atoms with Crippen molar-refractivity contribution in [3.8, 4) is 0 Å². The standard InChI is InChI=1S/C16H21BrN2O2/c17-12-4-1-3-11(9-12)16(21)18-14-5-2-6-15(14)19-8-7-13(20)10-19/h1,3-4,9,13-15,20H,2,5-8,10H2,(H,18,21)/t13?,14-,15+/m1/s1. The van der Waals surface area contributed by atoms with Crippen LogP contribution in [0, 0.1) is 0 Å². The van der Waals surface area contributed by atoms with Gasteiger partial charge >= 0.3 is 0 Å². The largest absolute Gasteiger partial charge is 0.392 e. The quantitative estimate of drug-likeness (QED) is 0.876. The van der Waals surface area contributed by atoms with Crippen molar-refractivity contribution in [1.29, 1.82) is 0 Å². The van der Waals surface area contributed by atoms with Crippen molar-refractivity contribution in [3.05, 3.63) is 34.3 Å². The van der Waals surface area contributed by atoms with E-state index in [9.17, 15) is 9.90 Å². The third kappa shape index (κ3) is 3.47. The lowest BCUT2D eigenvalue weighted by Crippen LogP contribution is -2.48. The van der Waals surface area contributed by atoms with Gasteiger partial charge in [0, 0.05) is 35.2 Å². The van der Waals surface area contributed by atoms with Gasteiger partial charge in [0.25, 0.3) is 5.91 Å². The summed E-state index contributed by atoms with van der Waals surface area (Å²) in [5, 5.41) is 12.9. The van der Waals surface area contributed by atoms with Crippen molar-refractivity contribution in [2.45, 2.75) is 43.9 Å². The van der Waals surface area contributed by atoms with E-state index in [0.717, 1.165) is 43.2 Å². The summed E-state index contributed by atoms with van der Waals surface area (Å²) in [6.45, 7) is 1.68. The molecule has 2 aliphatic rings. The number of hydrogen-bond donors (Lipinski definition) is 2. The normalized spacial score (nSPS) is 29.7. The second-order valence-electron chi connectivity index (χ2n) is 6.03. The zero-order chi connectivity index (χ0) is 14.8. The van der Waals surface area contributed by atoms with Gasteiger partial charge in [-0.25, -0.2) is 0 Å². The fourth-order valence-corrected chi connectivity index (χ4v) is 3.90. The molecule has 1 aromatic carbocycles. The minimum Gasteiger partial charge on any atom is -0.392 e. The van der Waals surface area contributed by atoms with E-state index in [0.29, 0.717) is 11.6 Å². The summed E-state index contributed by atoms with van der Waals surface area (Å²) in [6, 6.07) is 8.05. The Hall–Kier alpha value is -0.910. The summed E-state index contributed by atoms with van der Waals surface area (Å²) in [7, 11) is 0. The number of halogens is 1. The molecule has 2 N–H and O–H groups in total. The lowest BCUT2D eigenvalue weighted by molar-refractivity contribution is 0.0905. The van der Waals surface area contributed by atoms with Gasteiger partial charge in [-0.2, -0.15) is 0 Å². The number of aliphatic hydroxyl groups excluding tert-OH is 1. The maximum Gasteiger partial charge on any atom is 0.251 e. The number of rotatable bonds is 3. The highest BCUT2D eigenvalue weighted by molar-refractivity contribution is 9.10. The number of amides is 1. The van der Waals surface area contributed by atoms with Gasteiger partial charge in [0.1, 0.15) is 0 Å². The lowest BCUT2D eigenvalue weighted by Gasteiger charge is -2.29. The Labute approximate surface area is 133 Å².